The van der Waals surface area contributed by atoms with E-state index in [9.17, 15) is 24.3 Å². The smallest absolute Gasteiger partial charge is 0.337 e. The van der Waals surface area contributed by atoms with Gasteiger partial charge in [0.25, 0.3) is 5.91 Å². The van der Waals surface area contributed by atoms with Crippen LogP contribution in [0.3, 0.4) is 0 Å². The molecule has 0 radical (unpaired) electrons. The Balaban J connectivity index is 1.89. The summed E-state index contributed by atoms with van der Waals surface area (Å²) in [5.41, 5.74) is -0.0779. The molecule has 2 amide bonds. The molecule has 3 rings (SSSR count). The zero-order chi connectivity index (χ0) is 19.7. The van der Waals surface area contributed by atoms with Crippen LogP contribution in [-0.2, 0) is 23.9 Å². The first kappa shape index (κ1) is 20.1. The molecule has 2 aliphatic rings. The van der Waals surface area contributed by atoms with Crippen molar-refractivity contribution in [2.24, 2.45) is 0 Å². The second-order valence-electron chi connectivity index (χ2n) is 5.68. The fourth-order valence-corrected chi connectivity index (χ4v) is 5.29. The minimum Gasteiger partial charge on any atom is -0.480 e. The van der Waals surface area contributed by atoms with Crippen LogP contribution in [-0.4, -0.2) is 61.5 Å². The van der Waals surface area contributed by atoms with Crippen molar-refractivity contribution >= 4 is 74.4 Å². The number of aliphatic carboxylic acids is 1. The predicted molar refractivity (Wildman–Crippen MR) is 109 cm³/mol. The van der Waals surface area contributed by atoms with Crippen molar-refractivity contribution in [3.05, 3.63) is 29.3 Å². The number of carboxylic acid groups (broad SMARTS) is 1. The minimum atomic E-state index is -1.19. The minimum absolute atomic E-state index is 0.0779. The molecule has 1 aromatic rings. The summed E-state index contributed by atoms with van der Waals surface area (Å²) in [6, 6.07) is 2.69. The summed E-state index contributed by atoms with van der Waals surface area (Å²) in [6.45, 7) is 1.52. The highest BCUT2D eigenvalue weighted by atomic mass is 127. The maximum Gasteiger partial charge on any atom is 0.337 e. The van der Waals surface area contributed by atoms with Crippen molar-refractivity contribution < 1.29 is 29.0 Å². The van der Waals surface area contributed by atoms with Gasteiger partial charge in [0.05, 0.1) is 10.6 Å². The van der Waals surface area contributed by atoms with Crippen LogP contribution in [0.25, 0.3) is 0 Å². The molecular weight excluding hydrogens is 507 g/mol. The monoisotopic (exact) mass is 522 g/mol. The summed E-state index contributed by atoms with van der Waals surface area (Å²) >= 11 is 4.31. The van der Waals surface area contributed by atoms with Crippen LogP contribution in [0.15, 0.2) is 29.3 Å². The fraction of sp³-hybridized carbons (Fsp3) is 0.375. The van der Waals surface area contributed by atoms with E-state index < -0.39 is 28.6 Å². The summed E-state index contributed by atoms with van der Waals surface area (Å²) in [4.78, 5) is 51.4. The highest BCUT2D eigenvalue weighted by Gasteiger charge is 2.56. The number of carboxylic acids is 1. The molecule has 3 heterocycles. The first-order valence-corrected chi connectivity index (χ1v) is 11.2. The zero-order valence-electron chi connectivity index (χ0n) is 14.0. The number of hydrogen-bond donors (Lipinski definition) is 1. The number of esters is 1. The molecule has 1 saturated heterocycles. The van der Waals surface area contributed by atoms with E-state index in [-0.39, 0.29) is 24.0 Å². The standard InChI is InChI=1S/C16H15IN2O6S2/c1-8(20)19(10-3-2-6-26-10)11-13(21)18-7-9(16(24)25-5-4-17)12(15(22)23)27-14(11)18/h2-3,6-7,11-12,14H,4-5H2,1H3,(H,22,23)/t11?,12?,14-/m1/s1. The highest BCUT2D eigenvalue weighted by Crippen LogP contribution is 2.44. The van der Waals surface area contributed by atoms with Gasteiger partial charge in [0, 0.05) is 17.6 Å². The number of amides is 2. The molecule has 0 bridgehead atoms. The summed E-state index contributed by atoms with van der Waals surface area (Å²) in [5, 5.41) is 10.2. The third-order valence-corrected chi connectivity index (χ3v) is 6.82. The Bertz CT molecular complexity index is 812. The molecule has 144 valence electrons. The number of alkyl halides is 1. The number of nitrogens with zero attached hydrogens (tertiary/aromatic N) is 2. The molecule has 2 unspecified atom stereocenters. The van der Waals surface area contributed by atoms with Crippen LogP contribution in [0.4, 0.5) is 5.00 Å². The Kier molecular flexibility index (Phi) is 6.11. The van der Waals surface area contributed by atoms with E-state index >= 15 is 0 Å². The Labute approximate surface area is 176 Å². The fourth-order valence-electron chi connectivity index (χ4n) is 2.88. The van der Waals surface area contributed by atoms with Crippen molar-refractivity contribution in [2.75, 3.05) is 15.9 Å². The molecule has 0 spiro atoms. The molecular formula is C16H15IN2O6S2. The van der Waals surface area contributed by atoms with E-state index in [1.165, 1.54) is 34.3 Å². The molecule has 8 nitrogen and oxygen atoms in total. The number of halogens is 1. The van der Waals surface area contributed by atoms with E-state index in [0.29, 0.717) is 9.43 Å². The Hall–Kier alpha value is -1.60. The Morgan fingerprint density at radius 1 is 1.41 bits per heavy atom. The zero-order valence-corrected chi connectivity index (χ0v) is 17.8. The van der Waals surface area contributed by atoms with E-state index in [1.807, 2.05) is 22.6 Å². The van der Waals surface area contributed by atoms with Crippen molar-refractivity contribution in [3.8, 4) is 0 Å². The second kappa shape index (κ2) is 8.19. The number of rotatable bonds is 6. The number of β-lactam (4-membered cyclic amide) rings is 1. The lowest BCUT2D eigenvalue weighted by Crippen LogP contribution is -2.70. The number of carbonyl (C=O) groups is 4. The number of ether oxygens (including phenoxy) is 1. The van der Waals surface area contributed by atoms with Gasteiger partial charge in [0.1, 0.15) is 23.3 Å². The van der Waals surface area contributed by atoms with Gasteiger partial charge in [0.2, 0.25) is 5.91 Å². The second-order valence-corrected chi connectivity index (χ2v) is 8.92. The predicted octanol–water partition coefficient (Wildman–Crippen LogP) is 1.70. The van der Waals surface area contributed by atoms with Crippen LogP contribution >= 0.6 is 45.7 Å². The van der Waals surface area contributed by atoms with Gasteiger partial charge >= 0.3 is 11.9 Å². The van der Waals surface area contributed by atoms with Gasteiger partial charge in [-0.3, -0.25) is 19.3 Å². The van der Waals surface area contributed by atoms with Crippen molar-refractivity contribution in [1.29, 1.82) is 0 Å². The summed E-state index contributed by atoms with van der Waals surface area (Å²) < 4.78 is 5.61. The molecule has 0 aliphatic carbocycles. The molecule has 27 heavy (non-hydrogen) atoms. The van der Waals surface area contributed by atoms with Gasteiger partial charge in [0.15, 0.2) is 0 Å². The van der Waals surface area contributed by atoms with E-state index in [0.717, 1.165) is 11.8 Å². The normalized spacial score (nSPS) is 23.8. The van der Waals surface area contributed by atoms with Crippen LogP contribution in [0, 0.1) is 0 Å². The molecule has 1 N–H and O–H groups in total. The van der Waals surface area contributed by atoms with Crippen molar-refractivity contribution in [2.45, 2.75) is 23.6 Å². The van der Waals surface area contributed by atoms with Gasteiger partial charge in [-0.25, -0.2) is 4.79 Å². The Morgan fingerprint density at radius 3 is 2.70 bits per heavy atom. The van der Waals surface area contributed by atoms with Crippen LogP contribution in [0.1, 0.15) is 6.92 Å². The van der Waals surface area contributed by atoms with Gasteiger partial charge in [-0.05, 0) is 17.5 Å². The number of carbonyl (C=O) groups excluding carboxylic acids is 3. The number of thiophene rings is 1. The van der Waals surface area contributed by atoms with Crippen LogP contribution in [0.2, 0.25) is 0 Å². The lowest BCUT2D eigenvalue weighted by atomic mass is 10.0. The largest absolute Gasteiger partial charge is 0.480 e. The van der Waals surface area contributed by atoms with Crippen LogP contribution in [0.5, 0.6) is 0 Å². The third kappa shape index (κ3) is 3.72. The quantitative estimate of drug-likeness (QED) is 0.263. The molecule has 11 heteroatoms. The van der Waals surface area contributed by atoms with Crippen LogP contribution < -0.4 is 4.90 Å². The molecule has 0 saturated carbocycles. The highest BCUT2D eigenvalue weighted by molar-refractivity contribution is 14.1. The average molecular weight is 522 g/mol. The summed E-state index contributed by atoms with van der Waals surface area (Å²) in [6.07, 6.45) is 1.25. The number of thioether (sulfide) groups is 1. The maximum absolute atomic E-state index is 12.7. The van der Waals surface area contributed by atoms with E-state index in [1.54, 1.807) is 17.5 Å². The van der Waals surface area contributed by atoms with E-state index in [4.69, 9.17) is 4.74 Å². The average Bonchev–Trinajstić information content (AvgIpc) is 3.16. The molecule has 1 fully saturated rings. The van der Waals surface area contributed by atoms with Crippen molar-refractivity contribution in [3.63, 3.8) is 0 Å². The van der Waals surface area contributed by atoms with Gasteiger partial charge < -0.3 is 14.7 Å². The van der Waals surface area contributed by atoms with Gasteiger partial charge in [-0.2, -0.15) is 0 Å². The first-order chi connectivity index (χ1) is 12.9. The van der Waals surface area contributed by atoms with Gasteiger partial charge in [-0.15, -0.1) is 23.1 Å². The first-order valence-electron chi connectivity index (χ1n) is 7.85. The molecule has 1 aromatic heterocycles. The number of fused-ring (bicyclic) bond motifs is 1. The summed E-state index contributed by atoms with van der Waals surface area (Å²) in [5.74, 6) is -2.61. The lowest BCUT2D eigenvalue weighted by molar-refractivity contribution is -0.145. The third-order valence-electron chi connectivity index (χ3n) is 4.02. The number of anilines is 1. The molecule has 0 aromatic carbocycles. The Morgan fingerprint density at radius 2 is 2.15 bits per heavy atom. The molecule has 2 aliphatic heterocycles. The number of hydrogen-bond acceptors (Lipinski definition) is 7. The topological polar surface area (TPSA) is 104 Å². The lowest BCUT2D eigenvalue weighted by Gasteiger charge is -2.51. The molecule has 3 atom stereocenters. The van der Waals surface area contributed by atoms with E-state index in [2.05, 4.69) is 0 Å². The maximum atomic E-state index is 12.7. The van der Waals surface area contributed by atoms with Crippen molar-refractivity contribution in [1.82, 2.24) is 4.90 Å². The SMILES string of the molecule is CC(=O)N(c1cccs1)C1C(=O)N2C=C(C(=O)OCCI)C(C(=O)O)S[C@H]12. The van der Waals surface area contributed by atoms with Gasteiger partial charge in [-0.1, -0.05) is 22.6 Å². The summed E-state index contributed by atoms with van der Waals surface area (Å²) in [7, 11) is 0.